The van der Waals surface area contributed by atoms with E-state index in [9.17, 15) is 43.8 Å². The summed E-state index contributed by atoms with van der Waals surface area (Å²) < 4.78 is 44.0. The molecule has 3 unspecified atom stereocenters. The van der Waals surface area contributed by atoms with Crippen LogP contribution in [0.15, 0.2) is 12.7 Å². The number of carboxylic acids is 1. The van der Waals surface area contributed by atoms with Crippen molar-refractivity contribution in [3.05, 3.63) is 12.7 Å². The predicted molar refractivity (Wildman–Crippen MR) is 124 cm³/mol. The average Bonchev–Trinajstić information content (AvgIpc) is 3.40. The molecule has 218 valence electrons. The molecule has 1 aliphatic rings. The number of phosphoric acid groups is 2. The lowest BCUT2D eigenvalue weighted by molar-refractivity contribution is -0.136. The molecule has 8 atom stereocenters. The number of hydrogen-bond donors (Lipinski definition) is 8. The van der Waals surface area contributed by atoms with Crippen molar-refractivity contribution >= 4 is 44.4 Å². The Bertz CT molecular complexity index is 1290. The second-order valence-electron chi connectivity index (χ2n) is 8.15. The Hall–Kier alpha value is -2.45. The molecule has 0 radical (unpaired) electrons. The van der Waals surface area contributed by atoms with Crippen molar-refractivity contribution < 1.29 is 67.0 Å². The molecular weight excluding hydrogens is 574 g/mol. The molecule has 0 bridgehead atoms. The van der Waals surface area contributed by atoms with E-state index in [1.54, 1.807) is 0 Å². The number of aliphatic carboxylic acids is 1. The Morgan fingerprint density at radius 2 is 1.85 bits per heavy atom. The molecule has 3 heterocycles. The van der Waals surface area contributed by atoms with E-state index in [0.717, 1.165) is 6.33 Å². The van der Waals surface area contributed by atoms with E-state index < -0.39 is 83.8 Å². The van der Waals surface area contributed by atoms with Crippen LogP contribution in [0.4, 0.5) is 5.82 Å². The first-order valence-corrected chi connectivity index (χ1v) is 13.9. The summed E-state index contributed by atoms with van der Waals surface area (Å²) in [4.78, 5) is 53.8. The molecule has 22 heteroatoms. The fourth-order valence-electron chi connectivity index (χ4n) is 3.37. The zero-order chi connectivity index (χ0) is 29.1. The van der Waals surface area contributed by atoms with Gasteiger partial charge in [-0.2, -0.15) is 4.31 Å². The quantitative estimate of drug-likeness (QED) is 0.102. The highest BCUT2D eigenvalue weighted by atomic mass is 31.3. The van der Waals surface area contributed by atoms with E-state index in [0.29, 0.717) is 0 Å². The van der Waals surface area contributed by atoms with E-state index in [2.05, 4.69) is 33.6 Å². The lowest BCUT2D eigenvalue weighted by atomic mass is 10.1. The molecule has 9 N–H and O–H groups in total. The van der Waals surface area contributed by atoms with Crippen molar-refractivity contribution in [1.82, 2.24) is 24.8 Å². The first-order chi connectivity index (χ1) is 18.1. The van der Waals surface area contributed by atoms with Crippen molar-refractivity contribution in [2.75, 3.05) is 25.5 Å². The van der Waals surface area contributed by atoms with Crippen LogP contribution in [0.5, 0.6) is 0 Å². The van der Waals surface area contributed by atoms with Crippen molar-refractivity contribution in [2.24, 2.45) is 0 Å². The van der Waals surface area contributed by atoms with Crippen LogP contribution in [-0.4, -0.2) is 112 Å². The number of aliphatic hydroxyl groups excluding tert-OH is 3. The third kappa shape index (κ3) is 7.82. The molecular formula is C17H26N6O14P2. The van der Waals surface area contributed by atoms with Gasteiger partial charge in [0, 0.05) is 0 Å². The van der Waals surface area contributed by atoms with Gasteiger partial charge in [0.2, 0.25) is 0 Å². The van der Waals surface area contributed by atoms with Crippen LogP contribution in [0, 0.1) is 0 Å². The van der Waals surface area contributed by atoms with Crippen LogP contribution < -0.4 is 11.1 Å². The van der Waals surface area contributed by atoms with Gasteiger partial charge in [-0.1, -0.05) is 0 Å². The molecule has 0 spiro atoms. The number of hydrogen-bond acceptors (Lipinski definition) is 16. The highest BCUT2D eigenvalue weighted by molar-refractivity contribution is 7.61. The Morgan fingerprint density at radius 3 is 2.51 bits per heavy atom. The zero-order valence-corrected chi connectivity index (χ0v) is 21.7. The molecule has 2 aromatic rings. The number of nitrogen functional groups attached to an aromatic ring is 1. The van der Waals surface area contributed by atoms with Crippen LogP contribution in [0.25, 0.3) is 11.2 Å². The molecule has 3 rings (SSSR count). The van der Waals surface area contributed by atoms with Gasteiger partial charge in [0.25, 0.3) is 0 Å². The van der Waals surface area contributed by atoms with E-state index in [-0.39, 0.29) is 17.0 Å². The predicted octanol–water partition coefficient (Wildman–Crippen LogP) is -2.73. The van der Waals surface area contributed by atoms with Crippen LogP contribution in [0.2, 0.25) is 0 Å². The normalized spacial score (nSPS) is 26.1. The summed E-state index contributed by atoms with van der Waals surface area (Å²) in [5, 5.41) is 41.4. The van der Waals surface area contributed by atoms with Gasteiger partial charge in [-0.3, -0.25) is 28.5 Å². The summed E-state index contributed by atoms with van der Waals surface area (Å²) >= 11 is 0. The SMILES string of the molecule is CC(NCC(=O)O)C(=O)[C@H](O)COP(=O)(O)OP(=O)(O)OC[C@H]1O[C@@H](n2cnc3c(N)ncnc32)[C@H](O)[C@@H]1O. The highest BCUT2D eigenvalue weighted by Gasteiger charge is 2.46. The number of imidazole rings is 1. The number of rotatable bonds is 14. The summed E-state index contributed by atoms with van der Waals surface area (Å²) in [5.41, 5.74) is 6.06. The summed E-state index contributed by atoms with van der Waals surface area (Å²) in [5.74, 6) is -2.23. The number of carbonyl (C=O) groups excluding carboxylic acids is 1. The minimum absolute atomic E-state index is 0.0435. The van der Waals surface area contributed by atoms with Gasteiger partial charge in [0.1, 0.15) is 36.3 Å². The third-order valence-electron chi connectivity index (χ3n) is 5.32. The summed E-state index contributed by atoms with van der Waals surface area (Å²) in [7, 11) is -10.8. The number of nitrogens with two attached hydrogens (primary N) is 1. The first kappa shape index (κ1) is 31.1. The maximum Gasteiger partial charge on any atom is 0.481 e. The summed E-state index contributed by atoms with van der Waals surface area (Å²) in [6, 6.07) is -1.17. The lowest BCUT2D eigenvalue weighted by Crippen LogP contribution is -2.43. The minimum atomic E-state index is -5.40. The van der Waals surface area contributed by atoms with Gasteiger partial charge in [-0.05, 0) is 6.92 Å². The molecule has 0 saturated carbocycles. The highest BCUT2D eigenvalue weighted by Crippen LogP contribution is 2.60. The molecule has 2 aromatic heterocycles. The number of Topliss-reactive ketones (excluding diaryl/α,β-unsaturated/α-hetero) is 1. The maximum absolute atomic E-state index is 12.2. The van der Waals surface area contributed by atoms with Crippen molar-refractivity contribution in [2.45, 2.75) is 43.6 Å². The number of phosphoric ester groups is 2. The number of nitrogens with zero attached hydrogens (tertiary/aromatic N) is 4. The molecule has 0 aromatic carbocycles. The van der Waals surface area contributed by atoms with E-state index in [1.165, 1.54) is 17.8 Å². The number of ether oxygens (including phenoxy) is 1. The molecule has 1 fully saturated rings. The van der Waals surface area contributed by atoms with Crippen molar-refractivity contribution in [3.63, 3.8) is 0 Å². The van der Waals surface area contributed by atoms with Crippen LogP contribution in [0.3, 0.4) is 0 Å². The summed E-state index contributed by atoms with van der Waals surface area (Å²) in [6.07, 6.45) is -5.67. The second kappa shape index (κ2) is 12.4. The van der Waals surface area contributed by atoms with Crippen LogP contribution in [-0.2, 0) is 36.8 Å². The second-order valence-corrected chi connectivity index (χ2v) is 11.2. The largest absolute Gasteiger partial charge is 0.481 e. The number of aromatic nitrogens is 4. The maximum atomic E-state index is 12.2. The molecule has 1 saturated heterocycles. The fourth-order valence-corrected chi connectivity index (χ4v) is 5.46. The molecule has 20 nitrogen and oxygen atoms in total. The van der Waals surface area contributed by atoms with E-state index in [4.69, 9.17) is 15.6 Å². The fraction of sp³-hybridized carbons (Fsp3) is 0.588. The third-order valence-corrected chi connectivity index (χ3v) is 7.92. The molecule has 0 aliphatic carbocycles. The summed E-state index contributed by atoms with van der Waals surface area (Å²) in [6.45, 7) is -1.46. The molecule has 39 heavy (non-hydrogen) atoms. The van der Waals surface area contributed by atoms with Gasteiger partial charge in [0.15, 0.2) is 23.5 Å². The van der Waals surface area contributed by atoms with Crippen LogP contribution in [0.1, 0.15) is 13.2 Å². The Balaban J connectivity index is 1.54. The smallest absolute Gasteiger partial charge is 0.480 e. The topological polar surface area (TPSA) is 308 Å². The minimum Gasteiger partial charge on any atom is -0.480 e. The Labute approximate surface area is 218 Å². The Kier molecular flexibility index (Phi) is 9.87. The van der Waals surface area contributed by atoms with Crippen molar-refractivity contribution in [1.29, 1.82) is 0 Å². The van der Waals surface area contributed by atoms with Gasteiger partial charge >= 0.3 is 21.6 Å². The average molecular weight is 600 g/mol. The number of nitrogens with one attached hydrogen (secondary N) is 1. The Morgan fingerprint density at radius 1 is 1.18 bits per heavy atom. The van der Waals surface area contributed by atoms with E-state index >= 15 is 0 Å². The lowest BCUT2D eigenvalue weighted by Gasteiger charge is -2.20. The van der Waals surface area contributed by atoms with Gasteiger partial charge in [0.05, 0.1) is 32.1 Å². The number of ketones is 1. The standard InChI is InChI=1S/C17H26N6O14P2/c1-7(19-2-10(25)26)12(27)8(24)3-34-38(30,31)37-39(32,33)35-4-9-13(28)14(29)17(36-9)23-6-22-11-15(18)20-5-21-16(11)23/h5-9,13-14,17,19,24,28-29H,2-4H2,1H3,(H,25,26)(H,30,31)(H,32,33)(H2,18,20,21)/t7?,8-,9-,13-,14-,17-/m1/s1. The molecule has 0 amide bonds. The van der Waals surface area contributed by atoms with Crippen LogP contribution >= 0.6 is 15.6 Å². The zero-order valence-electron chi connectivity index (χ0n) is 20.0. The first-order valence-electron chi connectivity index (χ1n) is 10.9. The monoisotopic (exact) mass is 600 g/mol. The number of anilines is 1. The van der Waals surface area contributed by atoms with Crippen molar-refractivity contribution in [3.8, 4) is 0 Å². The van der Waals surface area contributed by atoms with Gasteiger partial charge < -0.3 is 40.7 Å². The number of carboxylic acid groups (broad SMARTS) is 1. The van der Waals surface area contributed by atoms with Gasteiger partial charge in [-0.15, -0.1) is 0 Å². The molecule has 1 aliphatic heterocycles. The number of carbonyl (C=O) groups is 2. The number of fused-ring (bicyclic) bond motifs is 1. The van der Waals surface area contributed by atoms with E-state index in [1.807, 2.05) is 0 Å². The number of aliphatic hydroxyl groups is 3. The van der Waals surface area contributed by atoms with Gasteiger partial charge in [-0.25, -0.2) is 24.1 Å².